The second kappa shape index (κ2) is 17.8. The van der Waals surface area contributed by atoms with Gasteiger partial charge in [-0.3, -0.25) is 0 Å². The van der Waals surface area contributed by atoms with Gasteiger partial charge < -0.3 is 9.47 Å². The Hall–Kier alpha value is -8.98. The molecule has 0 spiro atoms. The standard InChI is InChI=1S/C66H46N2/c1-4-21-47(22-5-1)50-25-18-26-51(45-50)48-41-43-54(44-42-48)67(64-39-16-14-35-61(64)60-34-13-12-33-59(60)58-32-11-10-31-56(58)49-23-6-2-7-24-49)55-30-19-27-52(46-55)57-37-20-38-63-62-36-15-17-40-65(62)68(66(57)63)53-28-8-3-9-29-53/h1-46H. The van der Waals surface area contributed by atoms with Crippen LogP contribution in [-0.2, 0) is 0 Å². The molecule has 2 nitrogen and oxygen atoms in total. The summed E-state index contributed by atoms with van der Waals surface area (Å²) in [5, 5.41) is 2.47. The van der Waals surface area contributed by atoms with Crippen LogP contribution in [0.25, 0.3) is 94.3 Å². The van der Waals surface area contributed by atoms with Gasteiger partial charge in [0.2, 0.25) is 0 Å². The summed E-state index contributed by atoms with van der Waals surface area (Å²) < 4.78 is 2.43. The first-order valence-electron chi connectivity index (χ1n) is 23.3. The minimum absolute atomic E-state index is 1.07. The van der Waals surface area contributed by atoms with Crippen LogP contribution in [-0.4, -0.2) is 4.57 Å². The van der Waals surface area contributed by atoms with Crippen LogP contribution in [0.3, 0.4) is 0 Å². The lowest BCUT2D eigenvalue weighted by Crippen LogP contribution is -2.11. The summed E-state index contributed by atoms with van der Waals surface area (Å²) in [6.45, 7) is 0. The molecule has 12 aromatic rings. The number of fused-ring (bicyclic) bond motifs is 3. The molecule has 68 heavy (non-hydrogen) atoms. The average molecular weight is 867 g/mol. The lowest BCUT2D eigenvalue weighted by Gasteiger charge is -2.29. The molecule has 0 aliphatic carbocycles. The Morgan fingerprint density at radius 1 is 0.250 bits per heavy atom. The fourth-order valence-electron chi connectivity index (χ4n) is 10.1. The van der Waals surface area contributed by atoms with Gasteiger partial charge in [0.1, 0.15) is 0 Å². The van der Waals surface area contributed by atoms with Crippen molar-refractivity contribution in [2.45, 2.75) is 0 Å². The molecule has 0 bridgehead atoms. The van der Waals surface area contributed by atoms with Crippen molar-refractivity contribution in [2.24, 2.45) is 0 Å². The molecular weight excluding hydrogens is 821 g/mol. The molecule has 320 valence electrons. The Kier molecular flexibility index (Phi) is 10.6. The fourth-order valence-corrected chi connectivity index (χ4v) is 10.1. The van der Waals surface area contributed by atoms with E-state index >= 15 is 0 Å². The Morgan fingerprint density at radius 3 is 1.44 bits per heavy atom. The molecule has 0 amide bonds. The number of aromatic nitrogens is 1. The Balaban J connectivity index is 1.04. The van der Waals surface area contributed by atoms with E-state index in [9.17, 15) is 0 Å². The first-order chi connectivity index (χ1) is 33.8. The van der Waals surface area contributed by atoms with Gasteiger partial charge in [-0.1, -0.05) is 224 Å². The topological polar surface area (TPSA) is 8.17 Å². The van der Waals surface area contributed by atoms with Crippen LogP contribution in [0.15, 0.2) is 279 Å². The normalized spacial score (nSPS) is 11.2. The van der Waals surface area contributed by atoms with Crippen molar-refractivity contribution in [3.05, 3.63) is 279 Å². The number of hydrogen-bond acceptors (Lipinski definition) is 1. The van der Waals surface area contributed by atoms with Gasteiger partial charge in [0.25, 0.3) is 0 Å². The summed E-state index contributed by atoms with van der Waals surface area (Å²) in [6.07, 6.45) is 0. The smallest absolute Gasteiger partial charge is 0.0619 e. The van der Waals surface area contributed by atoms with E-state index in [1.165, 1.54) is 71.9 Å². The van der Waals surface area contributed by atoms with Crippen molar-refractivity contribution in [1.29, 1.82) is 0 Å². The zero-order valence-corrected chi connectivity index (χ0v) is 37.5. The minimum atomic E-state index is 1.07. The zero-order valence-electron chi connectivity index (χ0n) is 37.5. The number of rotatable bonds is 10. The van der Waals surface area contributed by atoms with Crippen LogP contribution in [0.1, 0.15) is 0 Å². The van der Waals surface area contributed by atoms with Crippen LogP contribution < -0.4 is 4.90 Å². The van der Waals surface area contributed by atoms with E-state index in [4.69, 9.17) is 0 Å². The van der Waals surface area contributed by atoms with Gasteiger partial charge in [0, 0.05) is 39.0 Å². The van der Waals surface area contributed by atoms with Gasteiger partial charge in [-0.15, -0.1) is 0 Å². The number of nitrogens with zero attached hydrogens (tertiary/aromatic N) is 2. The Labute approximate surface area is 397 Å². The van der Waals surface area contributed by atoms with E-state index in [1.54, 1.807) is 0 Å². The van der Waals surface area contributed by atoms with E-state index in [-0.39, 0.29) is 0 Å². The second-order valence-corrected chi connectivity index (χ2v) is 17.2. The maximum atomic E-state index is 2.44. The van der Waals surface area contributed by atoms with Crippen LogP contribution >= 0.6 is 0 Å². The van der Waals surface area contributed by atoms with Crippen LogP contribution in [0, 0.1) is 0 Å². The van der Waals surface area contributed by atoms with Crippen LogP contribution in [0.4, 0.5) is 17.1 Å². The molecule has 0 aliphatic heterocycles. The number of hydrogen-bond donors (Lipinski definition) is 0. The summed E-state index contributed by atoms with van der Waals surface area (Å²) >= 11 is 0. The van der Waals surface area contributed by atoms with Crippen LogP contribution in [0.2, 0.25) is 0 Å². The maximum absolute atomic E-state index is 2.44. The third kappa shape index (κ3) is 7.45. The third-order valence-corrected chi connectivity index (χ3v) is 13.2. The van der Waals surface area contributed by atoms with Gasteiger partial charge in [0.15, 0.2) is 0 Å². The highest BCUT2D eigenvalue weighted by atomic mass is 15.1. The first kappa shape index (κ1) is 40.5. The van der Waals surface area contributed by atoms with E-state index in [1.807, 2.05) is 0 Å². The summed E-state index contributed by atoms with van der Waals surface area (Å²) in [5.41, 5.74) is 20.9. The van der Waals surface area contributed by atoms with Crippen molar-refractivity contribution >= 4 is 38.9 Å². The van der Waals surface area contributed by atoms with Crippen molar-refractivity contribution in [1.82, 2.24) is 4.57 Å². The highest BCUT2D eigenvalue weighted by molar-refractivity contribution is 6.14. The molecule has 0 saturated heterocycles. The van der Waals surface area contributed by atoms with Crippen molar-refractivity contribution in [3.63, 3.8) is 0 Å². The average Bonchev–Trinajstić information content (AvgIpc) is 3.77. The number of anilines is 3. The molecular formula is C66H46N2. The second-order valence-electron chi connectivity index (χ2n) is 17.2. The van der Waals surface area contributed by atoms with E-state index in [0.29, 0.717) is 0 Å². The molecule has 12 rings (SSSR count). The minimum Gasteiger partial charge on any atom is -0.310 e. The number of benzene rings is 11. The first-order valence-corrected chi connectivity index (χ1v) is 23.3. The predicted molar refractivity (Wildman–Crippen MR) is 288 cm³/mol. The Bertz CT molecular complexity index is 3720. The molecule has 0 N–H and O–H groups in total. The molecule has 0 saturated carbocycles. The highest BCUT2D eigenvalue weighted by Crippen LogP contribution is 2.47. The van der Waals surface area contributed by atoms with E-state index in [0.717, 1.165) is 39.4 Å². The quantitative estimate of drug-likeness (QED) is 0.133. The summed E-state index contributed by atoms with van der Waals surface area (Å²) in [6, 6.07) is 101. The number of para-hydroxylation sites is 4. The highest BCUT2D eigenvalue weighted by Gasteiger charge is 2.22. The SMILES string of the molecule is c1ccc(-c2cccc(-c3ccc(N(c4cccc(-c5cccc6c7ccccc7n(-c7ccccc7)c56)c4)c4ccccc4-c4ccccc4-c4ccccc4-c4ccccc4)cc3)c2)cc1. The predicted octanol–water partition coefficient (Wildman–Crippen LogP) is 18.3. The third-order valence-electron chi connectivity index (χ3n) is 13.2. The van der Waals surface area contributed by atoms with Crippen molar-refractivity contribution < 1.29 is 0 Å². The largest absolute Gasteiger partial charge is 0.310 e. The monoisotopic (exact) mass is 866 g/mol. The zero-order chi connectivity index (χ0) is 45.2. The summed E-state index contributed by atoms with van der Waals surface area (Å²) in [5.74, 6) is 0. The van der Waals surface area contributed by atoms with Gasteiger partial charge in [-0.2, -0.15) is 0 Å². The van der Waals surface area contributed by atoms with Crippen molar-refractivity contribution in [3.8, 4) is 72.4 Å². The molecule has 0 unspecified atom stereocenters. The lowest BCUT2D eigenvalue weighted by atomic mass is 9.88. The fraction of sp³-hybridized carbons (Fsp3) is 0. The maximum Gasteiger partial charge on any atom is 0.0619 e. The van der Waals surface area contributed by atoms with Gasteiger partial charge in [0.05, 0.1) is 16.7 Å². The van der Waals surface area contributed by atoms with Gasteiger partial charge in [-0.25, -0.2) is 0 Å². The van der Waals surface area contributed by atoms with E-state index < -0.39 is 0 Å². The molecule has 0 atom stereocenters. The molecule has 0 radical (unpaired) electrons. The molecule has 2 heteroatoms. The molecule has 1 heterocycles. The van der Waals surface area contributed by atoms with Crippen molar-refractivity contribution in [2.75, 3.05) is 4.90 Å². The Morgan fingerprint density at radius 2 is 0.721 bits per heavy atom. The van der Waals surface area contributed by atoms with Gasteiger partial charge in [-0.05, 0) is 110 Å². The lowest BCUT2D eigenvalue weighted by molar-refractivity contribution is 1.18. The van der Waals surface area contributed by atoms with Gasteiger partial charge >= 0.3 is 0 Å². The summed E-state index contributed by atoms with van der Waals surface area (Å²) in [7, 11) is 0. The molecule has 11 aromatic carbocycles. The molecule has 0 fully saturated rings. The van der Waals surface area contributed by atoms with Crippen LogP contribution in [0.5, 0.6) is 0 Å². The summed E-state index contributed by atoms with van der Waals surface area (Å²) in [4.78, 5) is 2.44. The molecule has 1 aromatic heterocycles. The molecule has 0 aliphatic rings. The van der Waals surface area contributed by atoms with E-state index in [2.05, 4.69) is 289 Å².